The molecule has 0 heterocycles. The summed E-state index contributed by atoms with van der Waals surface area (Å²) in [5, 5.41) is 3.33. The summed E-state index contributed by atoms with van der Waals surface area (Å²) in [6, 6.07) is 0.660. The van der Waals surface area contributed by atoms with Gasteiger partial charge in [0, 0.05) is 12.0 Å². The number of Topliss-reactive ketones (excluding diaryl/α,β-unsaturated/α-hetero) is 1. The second-order valence-electron chi connectivity index (χ2n) is 5.74. The molecule has 2 nitrogen and oxygen atoms in total. The lowest BCUT2D eigenvalue weighted by Crippen LogP contribution is -2.33. The summed E-state index contributed by atoms with van der Waals surface area (Å²) < 4.78 is 0. The molecule has 86 valence electrons. The second kappa shape index (κ2) is 4.65. The Morgan fingerprint density at radius 3 is 2.27 bits per heavy atom. The van der Waals surface area contributed by atoms with Crippen LogP contribution in [0.15, 0.2) is 0 Å². The third-order valence-corrected chi connectivity index (χ3v) is 3.78. The van der Waals surface area contributed by atoms with Crippen molar-refractivity contribution < 1.29 is 4.79 Å². The van der Waals surface area contributed by atoms with Gasteiger partial charge in [0.25, 0.3) is 0 Å². The molecule has 2 heteroatoms. The molecule has 0 bridgehead atoms. The van der Waals surface area contributed by atoms with E-state index in [1.54, 1.807) is 0 Å². The summed E-state index contributed by atoms with van der Waals surface area (Å²) in [5.41, 5.74) is 0. The van der Waals surface area contributed by atoms with Gasteiger partial charge in [-0.2, -0.15) is 0 Å². The number of carbonyl (C=O) groups excluding carboxylic acids is 1. The largest absolute Gasteiger partial charge is 0.307 e. The highest BCUT2D eigenvalue weighted by atomic mass is 16.1. The van der Waals surface area contributed by atoms with Gasteiger partial charge in [0.2, 0.25) is 0 Å². The Bertz CT molecular complexity index is 225. The number of ketones is 1. The Balaban J connectivity index is 1.77. The molecule has 15 heavy (non-hydrogen) atoms. The Hall–Kier alpha value is -0.370. The quantitative estimate of drug-likeness (QED) is 0.770. The predicted molar refractivity (Wildman–Crippen MR) is 61.7 cm³/mol. The van der Waals surface area contributed by atoms with Gasteiger partial charge in [-0.1, -0.05) is 13.8 Å². The van der Waals surface area contributed by atoms with E-state index in [9.17, 15) is 4.79 Å². The topological polar surface area (TPSA) is 29.1 Å². The number of hydrogen-bond acceptors (Lipinski definition) is 2. The van der Waals surface area contributed by atoms with Gasteiger partial charge in [-0.15, -0.1) is 0 Å². The molecule has 2 unspecified atom stereocenters. The number of nitrogens with one attached hydrogen (secondary N) is 1. The maximum absolute atomic E-state index is 12.0. The fourth-order valence-corrected chi connectivity index (χ4v) is 2.89. The number of rotatable bonds is 4. The van der Waals surface area contributed by atoms with E-state index in [4.69, 9.17) is 0 Å². The SMILES string of the molecule is CC1CC(C)CC(C(=O)CNC2CC2)C1. The molecule has 2 rings (SSSR count). The van der Waals surface area contributed by atoms with E-state index in [1.807, 2.05) is 0 Å². The average Bonchev–Trinajstić information content (AvgIpc) is 2.96. The van der Waals surface area contributed by atoms with E-state index in [0.29, 0.717) is 24.3 Å². The van der Waals surface area contributed by atoms with Crippen molar-refractivity contribution in [2.45, 2.75) is 52.0 Å². The smallest absolute Gasteiger partial charge is 0.149 e. The molecule has 2 aliphatic carbocycles. The van der Waals surface area contributed by atoms with E-state index in [0.717, 1.165) is 24.7 Å². The zero-order chi connectivity index (χ0) is 10.8. The highest BCUT2D eigenvalue weighted by molar-refractivity contribution is 5.83. The molecule has 0 aliphatic heterocycles. The molecule has 2 aliphatic rings. The van der Waals surface area contributed by atoms with E-state index in [1.165, 1.54) is 19.3 Å². The van der Waals surface area contributed by atoms with Gasteiger partial charge in [-0.3, -0.25) is 4.79 Å². The van der Waals surface area contributed by atoms with E-state index < -0.39 is 0 Å². The van der Waals surface area contributed by atoms with Crippen molar-refractivity contribution >= 4 is 5.78 Å². The average molecular weight is 209 g/mol. The highest BCUT2D eigenvalue weighted by Crippen LogP contribution is 2.33. The molecule has 0 aromatic heterocycles. The molecular weight excluding hydrogens is 186 g/mol. The fourth-order valence-electron chi connectivity index (χ4n) is 2.89. The predicted octanol–water partition coefficient (Wildman–Crippen LogP) is 2.38. The van der Waals surface area contributed by atoms with E-state index >= 15 is 0 Å². The molecule has 0 aromatic rings. The van der Waals surface area contributed by atoms with Crippen LogP contribution in [-0.4, -0.2) is 18.4 Å². The van der Waals surface area contributed by atoms with Gasteiger partial charge in [-0.25, -0.2) is 0 Å². The number of hydrogen-bond donors (Lipinski definition) is 1. The monoisotopic (exact) mass is 209 g/mol. The second-order valence-corrected chi connectivity index (χ2v) is 5.74. The van der Waals surface area contributed by atoms with Crippen LogP contribution in [0.3, 0.4) is 0 Å². The van der Waals surface area contributed by atoms with Crippen LogP contribution in [0.4, 0.5) is 0 Å². The third kappa shape index (κ3) is 3.30. The first-order valence-electron chi connectivity index (χ1n) is 6.41. The zero-order valence-corrected chi connectivity index (χ0v) is 9.96. The first-order chi connectivity index (χ1) is 7.15. The minimum Gasteiger partial charge on any atom is -0.307 e. The van der Waals surface area contributed by atoms with Crippen molar-refractivity contribution in [3.63, 3.8) is 0 Å². The minimum absolute atomic E-state index is 0.343. The summed E-state index contributed by atoms with van der Waals surface area (Å²) in [6.45, 7) is 5.18. The molecular formula is C13H23NO. The first kappa shape index (κ1) is 11.1. The summed E-state index contributed by atoms with van der Waals surface area (Å²) in [7, 11) is 0. The van der Waals surface area contributed by atoms with Crippen LogP contribution in [0.5, 0.6) is 0 Å². The van der Waals surface area contributed by atoms with Crippen LogP contribution < -0.4 is 5.32 Å². The van der Waals surface area contributed by atoms with Crippen molar-refractivity contribution in [3.8, 4) is 0 Å². The van der Waals surface area contributed by atoms with Crippen molar-refractivity contribution in [1.82, 2.24) is 5.32 Å². The summed E-state index contributed by atoms with van der Waals surface area (Å²) in [5.74, 6) is 2.28. The van der Waals surface area contributed by atoms with Crippen LogP contribution in [0.1, 0.15) is 46.0 Å². The molecule has 0 saturated heterocycles. The molecule has 2 saturated carbocycles. The first-order valence-corrected chi connectivity index (χ1v) is 6.41. The van der Waals surface area contributed by atoms with Crippen LogP contribution in [0.25, 0.3) is 0 Å². The number of carbonyl (C=O) groups is 1. The van der Waals surface area contributed by atoms with Gasteiger partial charge in [-0.05, 0) is 43.9 Å². The summed E-state index contributed by atoms with van der Waals surface area (Å²) in [4.78, 5) is 12.0. The molecule has 2 atom stereocenters. The van der Waals surface area contributed by atoms with Gasteiger partial charge < -0.3 is 5.32 Å². The molecule has 0 aromatic carbocycles. The minimum atomic E-state index is 0.343. The van der Waals surface area contributed by atoms with Gasteiger partial charge in [0.1, 0.15) is 5.78 Å². The van der Waals surface area contributed by atoms with Crippen LogP contribution >= 0.6 is 0 Å². The lowest BCUT2D eigenvalue weighted by Gasteiger charge is -2.30. The molecule has 0 spiro atoms. The van der Waals surface area contributed by atoms with Crippen molar-refractivity contribution in [3.05, 3.63) is 0 Å². The normalized spacial score (nSPS) is 36.5. The van der Waals surface area contributed by atoms with Crippen molar-refractivity contribution in [2.75, 3.05) is 6.54 Å². The van der Waals surface area contributed by atoms with Crippen LogP contribution in [0, 0.1) is 17.8 Å². The van der Waals surface area contributed by atoms with Gasteiger partial charge in [0.15, 0.2) is 0 Å². The van der Waals surface area contributed by atoms with Crippen LogP contribution in [0.2, 0.25) is 0 Å². The van der Waals surface area contributed by atoms with E-state index in [2.05, 4.69) is 19.2 Å². The Labute approximate surface area is 92.8 Å². The standard InChI is InChI=1S/C13H23NO/c1-9-5-10(2)7-11(6-9)13(15)8-14-12-3-4-12/h9-12,14H,3-8H2,1-2H3. The third-order valence-electron chi connectivity index (χ3n) is 3.78. The van der Waals surface area contributed by atoms with Gasteiger partial charge in [0.05, 0.1) is 6.54 Å². The Morgan fingerprint density at radius 2 is 1.73 bits per heavy atom. The van der Waals surface area contributed by atoms with Gasteiger partial charge >= 0.3 is 0 Å². The lowest BCUT2D eigenvalue weighted by molar-refractivity contribution is -0.123. The van der Waals surface area contributed by atoms with E-state index in [-0.39, 0.29) is 0 Å². The highest BCUT2D eigenvalue weighted by Gasteiger charge is 2.29. The van der Waals surface area contributed by atoms with Crippen molar-refractivity contribution in [1.29, 1.82) is 0 Å². The van der Waals surface area contributed by atoms with Crippen molar-refractivity contribution in [2.24, 2.45) is 17.8 Å². The maximum atomic E-state index is 12.0. The molecule has 2 fully saturated rings. The zero-order valence-electron chi connectivity index (χ0n) is 9.96. The Morgan fingerprint density at radius 1 is 1.13 bits per heavy atom. The molecule has 0 amide bonds. The fraction of sp³-hybridized carbons (Fsp3) is 0.923. The van der Waals surface area contributed by atoms with Crippen LogP contribution in [-0.2, 0) is 4.79 Å². The Kier molecular flexibility index (Phi) is 3.45. The summed E-state index contributed by atoms with van der Waals surface area (Å²) in [6.07, 6.45) is 6.08. The lowest BCUT2D eigenvalue weighted by atomic mass is 9.75. The summed E-state index contributed by atoms with van der Waals surface area (Å²) >= 11 is 0. The molecule has 1 N–H and O–H groups in total. The molecule has 0 radical (unpaired) electrons. The maximum Gasteiger partial charge on any atom is 0.149 e.